The molecule has 0 spiro atoms. The van der Waals surface area contributed by atoms with Gasteiger partial charge in [-0.15, -0.1) is 0 Å². The number of piperidine rings is 1. The number of aliphatic hydroxyl groups is 1. The minimum absolute atomic E-state index is 0.142. The molecule has 1 atom stereocenters. The second kappa shape index (κ2) is 13.8. The van der Waals surface area contributed by atoms with Gasteiger partial charge in [-0.3, -0.25) is 4.79 Å². The van der Waals surface area contributed by atoms with Crippen LogP contribution in [0.25, 0.3) is 0 Å². The molecule has 3 aromatic carbocycles. The van der Waals surface area contributed by atoms with Gasteiger partial charge in [0.05, 0.1) is 12.2 Å². The number of nitrogens with zero attached hydrogens (tertiary/aromatic N) is 2. The molecule has 0 aliphatic carbocycles. The smallest absolute Gasteiger partial charge is 0.227 e. The van der Waals surface area contributed by atoms with Gasteiger partial charge in [-0.05, 0) is 74.4 Å². The van der Waals surface area contributed by atoms with E-state index in [1.165, 1.54) is 44.1 Å². The standard InChI is InChI=1S/C34H42N2O3/c37-30(25-35-22-20-28(21-23-35)13-8-7-12-27-10-3-1-4-11-27)26-39-33-17-9-16-32-31(33)18-19-34(38)36(32)24-29-14-5-2-6-15-29/h1-6,9-11,14-17,28,30,37H,7-8,12-13,18-26H2. The Morgan fingerprint density at radius 1 is 0.846 bits per heavy atom. The van der Waals surface area contributed by atoms with Gasteiger partial charge in [-0.1, -0.05) is 79.6 Å². The lowest BCUT2D eigenvalue weighted by Crippen LogP contribution is -2.40. The third-order valence-corrected chi connectivity index (χ3v) is 8.25. The summed E-state index contributed by atoms with van der Waals surface area (Å²) in [6.07, 6.45) is 8.11. The number of ether oxygens (including phenoxy) is 1. The predicted octanol–water partition coefficient (Wildman–Crippen LogP) is 6.03. The van der Waals surface area contributed by atoms with Crippen LogP contribution in [0, 0.1) is 5.92 Å². The molecule has 2 heterocycles. The molecule has 1 N–H and O–H groups in total. The highest BCUT2D eigenvalue weighted by atomic mass is 16.5. The van der Waals surface area contributed by atoms with E-state index in [0.717, 1.165) is 41.6 Å². The third-order valence-electron chi connectivity index (χ3n) is 8.25. The number of amides is 1. The lowest BCUT2D eigenvalue weighted by Gasteiger charge is -2.33. The summed E-state index contributed by atoms with van der Waals surface area (Å²) in [5.74, 6) is 1.73. The fourth-order valence-corrected chi connectivity index (χ4v) is 6.04. The number of anilines is 1. The van der Waals surface area contributed by atoms with Crippen LogP contribution >= 0.6 is 0 Å². The van der Waals surface area contributed by atoms with E-state index < -0.39 is 6.10 Å². The first-order chi connectivity index (χ1) is 19.2. The molecule has 5 nitrogen and oxygen atoms in total. The van der Waals surface area contributed by atoms with Gasteiger partial charge in [0.15, 0.2) is 0 Å². The lowest BCUT2D eigenvalue weighted by atomic mass is 9.91. The number of rotatable bonds is 12. The molecule has 1 saturated heterocycles. The maximum Gasteiger partial charge on any atom is 0.227 e. The average Bonchev–Trinajstić information content (AvgIpc) is 2.97. The Balaban J connectivity index is 1.05. The quantitative estimate of drug-likeness (QED) is 0.293. The van der Waals surface area contributed by atoms with E-state index in [-0.39, 0.29) is 12.5 Å². The van der Waals surface area contributed by atoms with E-state index in [4.69, 9.17) is 4.74 Å². The zero-order valence-corrected chi connectivity index (χ0v) is 23.0. The van der Waals surface area contributed by atoms with Crippen LogP contribution in [0.3, 0.4) is 0 Å². The summed E-state index contributed by atoms with van der Waals surface area (Å²) in [5, 5.41) is 10.8. The van der Waals surface area contributed by atoms with Gasteiger partial charge in [0.1, 0.15) is 18.5 Å². The fourth-order valence-electron chi connectivity index (χ4n) is 6.04. The first-order valence-electron chi connectivity index (χ1n) is 14.7. The van der Waals surface area contributed by atoms with Gasteiger partial charge >= 0.3 is 0 Å². The molecule has 2 aliphatic heterocycles. The van der Waals surface area contributed by atoms with Gasteiger partial charge in [0.25, 0.3) is 0 Å². The first kappa shape index (κ1) is 27.4. The van der Waals surface area contributed by atoms with E-state index >= 15 is 0 Å². The normalized spacial score (nSPS) is 17.2. The third kappa shape index (κ3) is 7.71. The zero-order chi connectivity index (χ0) is 26.9. The van der Waals surface area contributed by atoms with Crippen LogP contribution in [0.15, 0.2) is 78.9 Å². The van der Waals surface area contributed by atoms with Crippen LogP contribution in [-0.2, 0) is 24.2 Å². The first-order valence-corrected chi connectivity index (χ1v) is 14.7. The molecule has 206 valence electrons. The van der Waals surface area contributed by atoms with Crippen molar-refractivity contribution in [2.24, 2.45) is 5.92 Å². The van der Waals surface area contributed by atoms with Gasteiger partial charge in [-0.25, -0.2) is 0 Å². The largest absolute Gasteiger partial charge is 0.490 e. The topological polar surface area (TPSA) is 53.0 Å². The van der Waals surface area contributed by atoms with E-state index in [0.29, 0.717) is 25.9 Å². The molecule has 1 fully saturated rings. The SMILES string of the molecule is O=C1CCc2c(OCC(O)CN3CCC(CCCCc4ccccc4)CC3)cccc2N1Cc1ccccc1. The van der Waals surface area contributed by atoms with E-state index in [2.05, 4.69) is 35.2 Å². The molecule has 0 radical (unpaired) electrons. The fraction of sp³-hybridized carbons (Fsp3) is 0.441. The minimum Gasteiger partial charge on any atom is -0.490 e. The summed E-state index contributed by atoms with van der Waals surface area (Å²) in [6.45, 7) is 3.58. The number of carbonyl (C=O) groups excluding carboxylic acids is 1. The molecular formula is C34H42N2O3. The molecule has 0 bridgehead atoms. The number of unbranched alkanes of at least 4 members (excludes halogenated alkanes) is 1. The van der Waals surface area contributed by atoms with Crippen molar-refractivity contribution in [3.05, 3.63) is 95.6 Å². The maximum atomic E-state index is 12.8. The lowest BCUT2D eigenvalue weighted by molar-refractivity contribution is -0.119. The van der Waals surface area contributed by atoms with E-state index in [9.17, 15) is 9.90 Å². The number of β-amino-alcohol motifs (C(OH)–C–C–N with tert-alkyl or cyclic N) is 1. The van der Waals surface area contributed by atoms with Crippen molar-refractivity contribution >= 4 is 11.6 Å². The van der Waals surface area contributed by atoms with Gasteiger partial charge in [-0.2, -0.15) is 0 Å². The van der Waals surface area contributed by atoms with Crippen molar-refractivity contribution in [3.8, 4) is 5.75 Å². The molecule has 5 heteroatoms. The van der Waals surface area contributed by atoms with Gasteiger partial charge in [0.2, 0.25) is 5.91 Å². The summed E-state index contributed by atoms with van der Waals surface area (Å²) in [6, 6.07) is 26.8. The highest BCUT2D eigenvalue weighted by Gasteiger charge is 2.27. The number of fused-ring (bicyclic) bond motifs is 1. The minimum atomic E-state index is -0.533. The molecule has 0 saturated carbocycles. The number of likely N-dealkylation sites (tertiary alicyclic amines) is 1. The van der Waals surface area contributed by atoms with Crippen LogP contribution < -0.4 is 9.64 Å². The molecule has 5 rings (SSSR count). The van der Waals surface area contributed by atoms with Crippen molar-refractivity contribution < 1.29 is 14.6 Å². The molecule has 1 unspecified atom stereocenters. The number of aryl methyl sites for hydroxylation is 1. The Morgan fingerprint density at radius 3 is 2.31 bits per heavy atom. The molecule has 3 aromatic rings. The maximum absolute atomic E-state index is 12.8. The van der Waals surface area contributed by atoms with Crippen molar-refractivity contribution in [3.63, 3.8) is 0 Å². The molecular weight excluding hydrogens is 484 g/mol. The highest BCUT2D eigenvalue weighted by molar-refractivity contribution is 5.96. The van der Waals surface area contributed by atoms with Crippen LogP contribution in [-0.4, -0.2) is 48.3 Å². The number of aliphatic hydroxyl groups excluding tert-OH is 1. The summed E-state index contributed by atoms with van der Waals surface area (Å²) < 4.78 is 6.15. The molecule has 1 amide bonds. The Labute approximate surface area is 233 Å². The van der Waals surface area contributed by atoms with E-state index in [1.807, 2.05) is 53.4 Å². The summed E-state index contributed by atoms with van der Waals surface area (Å²) >= 11 is 0. The second-order valence-corrected chi connectivity index (χ2v) is 11.2. The predicted molar refractivity (Wildman–Crippen MR) is 157 cm³/mol. The molecule has 0 aromatic heterocycles. The van der Waals surface area contributed by atoms with Crippen molar-refractivity contribution in [1.82, 2.24) is 4.90 Å². The highest BCUT2D eigenvalue weighted by Crippen LogP contribution is 2.35. The van der Waals surface area contributed by atoms with Crippen molar-refractivity contribution in [2.45, 2.75) is 64.0 Å². The summed E-state index contributed by atoms with van der Waals surface area (Å²) in [4.78, 5) is 17.0. The monoisotopic (exact) mass is 526 g/mol. The second-order valence-electron chi connectivity index (χ2n) is 11.2. The van der Waals surface area contributed by atoms with Crippen LogP contribution in [0.1, 0.15) is 55.2 Å². The van der Waals surface area contributed by atoms with Gasteiger partial charge in [0, 0.05) is 18.5 Å². The van der Waals surface area contributed by atoms with Crippen LogP contribution in [0.4, 0.5) is 5.69 Å². The Hall–Kier alpha value is -3.15. The van der Waals surface area contributed by atoms with E-state index in [1.54, 1.807) is 0 Å². The summed E-state index contributed by atoms with van der Waals surface area (Å²) in [7, 11) is 0. The average molecular weight is 527 g/mol. The van der Waals surface area contributed by atoms with Crippen LogP contribution in [0.5, 0.6) is 5.75 Å². The number of hydrogen-bond donors (Lipinski definition) is 1. The van der Waals surface area contributed by atoms with Crippen molar-refractivity contribution in [1.29, 1.82) is 0 Å². The summed E-state index contributed by atoms with van der Waals surface area (Å²) in [5.41, 5.74) is 4.54. The number of carbonyl (C=O) groups is 1. The van der Waals surface area contributed by atoms with Crippen LogP contribution in [0.2, 0.25) is 0 Å². The van der Waals surface area contributed by atoms with Crippen molar-refractivity contribution in [2.75, 3.05) is 31.1 Å². The molecule has 2 aliphatic rings. The number of benzene rings is 3. The number of hydrogen-bond acceptors (Lipinski definition) is 4. The Bertz CT molecular complexity index is 1180. The Kier molecular flexibility index (Phi) is 9.68. The van der Waals surface area contributed by atoms with Gasteiger partial charge < -0.3 is 19.6 Å². The molecule has 39 heavy (non-hydrogen) atoms. The zero-order valence-electron chi connectivity index (χ0n) is 23.0. The Morgan fingerprint density at radius 2 is 1.56 bits per heavy atom.